The first-order chi connectivity index (χ1) is 11.3. The number of amides is 2. The van der Waals surface area contributed by atoms with Crippen LogP contribution >= 0.6 is 0 Å². The van der Waals surface area contributed by atoms with Gasteiger partial charge in [0.05, 0.1) is 7.11 Å². The minimum Gasteiger partial charge on any atom is -0.497 e. The maximum atomic E-state index is 12.6. The number of nitrogens with zero attached hydrogens (tertiary/aromatic N) is 1. The van der Waals surface area contributed by atoms with Gasteiger partial charge < -0.3 is 15.0 Å². The largest absolute Gasteiger partial charge is 0.497 e. The van der Waals surface area contributed by atoms with Crippen molar-refractivity contribution in [3.63, 3.8) is 0 Å². The highest BCUT2D eigenvalue weighted by Gasteiger charge is 2.50. The molecule has 4 heteroatoms. The summed E-state index contributed by atoms with van der Waals surface area (Å²) in [7, 11) is 1.67. The van der Waals surface area contributed by atoms with Crippen molar-refractivity contribution in [1.82, 2.24) is 10.2 Å². The van der Waals surface area contributed by atoms with E-state index < -0.39 is 0 Å². The lowest BCUT2D eigenvalue weighted by Gasteiger charge is -2.39. The minimum atomic E-state index is 0.101. The SMILES string of the molecule is COc1cccc(CCNC(=O)N2CC3(C)CC2CC(C)(C)C3)c1. The molecule has 1 saturated heterocycles. The molecule has 1 aliphatic heterocycles. The number of hydrogen-bond acceptors (Lipinski definition) is 2. The Morgan fingerprint density at radius 1 is 1.33 bits per heavy atom. The van der Waals surface area contributed by atoms with E-state index in [0.29, 0.717) is 18.0 Å². The molecule has 132 valence electrons. The van der Waals surface area contributed by atoms with E-state index in [9.17, 15) is 4.79 Å². The average Bonchev–Trinajstić information content (AvgIpc) is 2.76. The van der Waals surface area contributed by atoms with Crippen LogP contribution in [0.2, 0.25) is 0 Å². The zero-order chi connectivity index (χ0) is 17.4. The van der Waals surface area contributed by atoms with Crippen molar-refractivity contribution in [2.45, 2.75) is 52.5 Å². The summed E-state index contributed by atoms with van der Waals surface area (Å²) in [6, 6.07) is 8.52. The maximum Gasteiger partial charge on any atom is 0.317 e. The van der Waals surface area contributed by atoms with E-state index in [2.05, 4.69) is 37.1 Å². The van der Waals surface area contributed by atoms with Crippen LogP contribution in [0.15, 0.2) is 24.3 Å². The van der Waals surface area contributed by atoms with E-state index in [1.807, 2.05) is 18.2 Å². The Labute approximate surface area is 145 Å². The van der Waals surface area contributed by atoms with Crippen LogP contribution in [0, 0.1) is 10.8 Å². The van der Waals surface area contributed by atoms with Gasteiger partial charge in [-0.1, -0.05) is 32.9 Å². The van der Waals surface area contributed by atoms with Gasteiger partial charge in [-0.25, -0.2) is 4.79 Å². The first kappa shape index (κ1) is 17.1. The summed E-state index contributed by atoms with van der Waals surface area (Å²) in [5, 5.41) is 3.11. The number of carbonyl (C=O) groups excluding carboxylic acids is 1. The first-order valence-electron chi connectivity index (χ1n) is 8.98. The molecular weight excluding hydrogens is 300 g/mol. The quantitative estimate of drug-likeness (QED) is 0.911. The predicted octanol–water partition coefficient (Wildman–Crippen LogP) is 3.85. The van der Waals surface area contributed by atoms with Gasteiger partial charge in [-0.3, -0.25) is 0 Å². The lowest BCUT2D eigenvalue weighted by molar-refractivity contribution is 0.129. The Balaban J connectivity index is 1.54. The molecule has 2 atom stereocenters. The van der Waals surface area contributed by atoms with E-state index in [1.165, 1.54) is 12.0 Å². The highest BCUT2D eigenvalue weighted by molar-refractivity contribution is 5.75. The topological polar surface area (TPSA) is 41.6 Å². The number of urea groups is 1. The summed E-state index contributed by atoms with van der Waals surface area (Å²) >= 11 is 0. The predicted molar refractivity (Wildman–Crippen MR) is 96.3 cm³/mol. The molecule has 2 unspecified atom stereocenters. The van der Waals surface area contributed by atoms with Gasteiger partial charge in [0, 0.05) is 19.1 Å². The van der Waals surface area contributed by atoms with E-state index in [-0.39, 0.29) is 11.4 Å². The molecule has 1 aromatic rings. The number of benzene rings is 1. The molecule has 1 aliphatic carbocycles. The van der Waals surface area contributed by atoms with Crippen LogP contribution in [0.25, 0.3) is 0 Å². The smallest absolute Gasteiger partial charge is 0.317 e. The minimum absolute atomic E-state index is 0.101. The van der Waals surface area contributed by atoms with Gasteiger partial charge in [0.1, 0.15) is 5.75 Å². The van der Waals surface area contributed by atoms with Crippen LogP contribution in [-0.4, -0.2) is 37.2 Å². The summed E-state index contributed by atoms with van der Waals surface area (Å²) < 4.78 is 5.25. The third-order valence-electron chi connectivity index (χ3n) is 5.50. The van der Waals surface area contributed by atoms with Crippen LogP contribution < -0.4 is 10.1 Å². The van der Waals surface area contributed by atoms with E-state index in [1.54, 1.807) is 7.11 Å². The molecule has 4 nitrogen and oxygen atoms in total. The summed E-state index contributed by atoms with van der Waals surface area (Å²) in [4.78, 5) is 14.7. The summed E-state index contributed by atoms with van der Waals surface area (Å²) in [5.41, 5.74) is 1.81. The van der Waals surface area contributed by atoms with Crippen molar-refractivity contribution in [3.05, 3.63) is 29.8 Å². The van der Waals surface area contributed by atoms with Crippen LogP contribution in [0.3, 0.4) is 0 Å². The zero-order valence-corrected chi connectivity index (χ0v) is 15.4. The molecule has 0 spiro atoms. The van der Waals surface area contributed by atoms with Crippen LogP contribution in [0.1, 0.15) is 45.6 Å². The highest BCUT2D eigenvalue weighted by atomic mass is 16.5. The standard InChI is InChI=1S/C20H30N2O2/c1-19(2)11-16-12-20(3,13-19)14-22(16)18(23)21-9-8-15-6-5-7-17(10-15)24-4/h5-7,10,16H,8-9,11-14H2,1-4H3,(H,21,23). The number of fused-ring (bicyclic) bond motifs is 2. The molecule has 1 saturated carbocycles. The highest BCUT2D eigenvalue weighted by Crippen LogP contribution is 2.52. The van der Waals surface area contributed by atoms with Crippen molar-refractivity contribution in [2.24, 2.45) is 10.8 Å². The van der Waals surface area contributed by atoms with Gasteiger partial charge in [0.15, 0.2) is 0 Å². The molecule has 1 N–H and O–H groups in total. The monoisotopic (exact) mass is 330 g/mol. The third-order valence-corrected chi connectivity index (χ3v) is 5.50. The van der Waals surface area contributed by atoms with Gasteiger partial charge in [0.2, 0.25) is 0 Å². The van der Waals surface area contributed by atoms with Crippen molar-refractivity contribution in [3.8, 4) is 5.75 Å². The Morgan fingerprint density at radius 2 is 2.12 bits per heavy atom. The van der Waals surface area contributed by atoms with Gasteiger partial charge in [-0.15, -0.1) is 0 Å². The molecule has 2 amide bonds. The Kier molecular flexibility index (Phi) is 4.50. The molecule has 2 fully saturated rings. The molecule has 0 aromatic heterocycles. The van der Waals surface area contributed by atoms with Crippen molar-refractivity contribution in [1.29, 1.82) is 0 Å². The lowest BCUT2D eigenvalue weighted by Crippen LogP contribution is -2.44. The molecule has 24 heavy (non-hydrogen) atoms. The first-order valence-corrected chi connectivity index (χ1v) is 8.98. The van der Waals surface area contributed by atoms with Crippen molar-refractivity contribution in [2.75, 3.05) is 20.2 Å². The fraction of sp³-hybridized carbons (Fsp3) is 0.650. The molecular formula is C20H30N2O2. The Hall–Kier alpha value is -1.71. The fourth-order valence-electron chi connectivity index (χ4n) is 4.94. The molecule has 1 heterocycles. The maximum absolute atomic E-state index is 12.6. The van der Waals surface area contributed by atoms with Crippen molar-refractivity contribution >= 4 is 6.03 Å². The second-order valence-electron chi connectivity index (χ2n) is 8.68. The van der Waals surface area contributed by atoms with Crippen LogP contribution in [0.5, 0.6) is 5.75 Å². The fourth-order valence-corrected chi connectivity index (χ4v) is 4.94. The average molecular weight is 330 g/mol. The zero-order valence-electron chi connectivity index (χ0n) is 15.4. The number of hydrogen-bond donors (Lipinski definition) is 1. The second kappa shape index (κ2) is 6.30. The number of nitrogens with one attached hydrogen (secondary N) is 1. The van der Waals surface area contributed by atoms with Gasteiger partial charge in [-0.05, 0) is 54.2 Å². The molecule has 2 aliphatic rings. The molecule has 2 bridgehead atoms. The summed E-state index contributed by atoms with van der Waals surface area (Å²) in [6.07, 6.45) is 4.31. The van der Waals surface area contributed by atoms with Gasteiger partial charge >= 0.3 is 6.03 Å². The normalized spacial score (nSPS) is 27.8. The van der Waals surface area contributed by atoms with Gasteiger partial charge in [-0.2, -0.15) is 0 Å². The van der Waals surface area contributed by atoms with Crippen LogP contribution in [-0.2, 0) is 6.42 Å². The van der Waals surface area contributed by atoms with Gasteiger partial charge in [0.25, 0.3) is 0 Å². The van der Waals surface area contributed by atoms with E-state index in [4.69, 9.17) is 4.74 Å². The lowest BCUT2D eigenvalue weighted by atomic mass is 9.65. The molecule has 0 radical (unpaired) electrons. The third kappa shape index (κ3) is 3.68. The second-order valence-corrected chi connectivity index (χ2v) is 8.68. The van der Waals surface area contributed by atoms with Crippen LogP contribution in [0.4, 0.5) is 4.79 Å². The van der Waals surface area contributed by atoms with Crippen molar-refractivity contribution < 1.29 is 9.53 Å². The Morgan fingerprint density at radius 3 is 2.88 bits per heavy atom. The number of carbonyl (C=O) groups is 1. The molecule has 1 aromatic carbocycles. The summed E-state index contributed by atoms with van der Waals surface area (Å²) in [6.45, 7) is 8.56. The summed E-state index contributed by atoms with van der Waals surface area (Å²) in [5.74, 6) is 0.863. The van der Waals surface area contributed by atoms with E-state index >= 15 is 0 Å². The Bertz CT molecular complexity index is 613. The number of likely N-dealkylation sites (tertiary alicyclic amines) is 1. The van der Waals surface area contributed by atoms with E-state index in [0.717, 1.165) is 31.6 Å². The molecule has 3 rings (SSSR count). The number of methoxy groups -OCH3 is 1. The number of ether oxygens (including phenoxy) is 1. The number of rotatable bonds is 4.